The van der Waals surface area contributed by atoms with Crippen LogP contribution in [0.1, 0.15) is 36.2 Å². The first kappa shape index (κ1) is 22.2. The van der Waals surface area contributed by atoms with Gasteiger partial charge in [0, 0.05) is 5.56 Å². The molecular formula is C21H25N3O4S. The van der Waals surface area contributed by atoms with Gasteiger partial charge in [-0.1, -0.05) is 32.0 Å². The van der Waals surface area contributed by atoms with Gasteiger partial charge in [0.15, 0.2) is 11.7 Å². The van der Waals surface area contributed by atoms with Crippen LogP contribution in [0.4, 0.5) is 0 Å². The Morgan fingerprint density at radius 2 is 1.72 bits per heavy atom. The maximum Gasteiger partial charge on any atom is 0.276 e. The van der Waals surface area contributed by atoms with Gasteiger partial charge in [-0.25, -0.2) is 0 Å². The molecule has 2 amide bonds. The van der Waals surface area contributed by atoms with Crippen molar-refractivity contribution in [3.8, 4) is 11.5 Å². The minimum Gasteiger partial charge on any atom is -0.494 e. The van der Waals surface area contributed by atoms with E-state index in [0.717, 1.165) is 12.8 Å². The van der Waals surface area contributed by atoms with Gasteiger partial charge in [-0.2, -0.15) is 0 Å². The van der Waals surface area contributed by atoms with Crippen LogP contribution in [0.25, 0.3) is 0 Å². The molecule has 2 rings (SSSR count). The number of rotatable bonds is 8. The van der Waals surface area contributed by atoms with Crippen LogP contribution >= 0.6 is 12.2 Å². The Hall–Kier alpha value is -3.13. The molecule has 0 saturated heterocycles. The van der Waals surface area contributed by atoms with Crippen molar-refractivity contribution in [3.05, 3.63) is 59.7 Å². The topological polar surface area (TPSA) is 88.7 Å². The molecule has 0 radical (unpaired) electrons. The summed E-state index contributed by atoms with van der Waals surface area (Å²) < 4.78 is 10.9. The van der Waals surface area contributed by atoms with Gasteiger partial charge in [0.25, 0.3) is 11.8 Å². The number of thiocarbonyl (C=S) groups is 1. The Morgan fingerprint density at radius 1 is 0.966 bits per heavy atom. The van der Waals surface area contributed by atoms with Gasteiger partial charge >= 0.3 is 0 Å². The van der Waals surface area contributed by atoms with Crippen molar-refractivity contribution < 1.29 is 19.1 Å². The Balaban J connectivity index is 1.74. The third-order valence-electron chi connectivity index (χ3n) is 3.81. The fraction of sp³-hybridized carbons (Fsp3) is 0.286. The van der Waals surface area contributed by atoms with Crippen LogP contribution in [-0.4, -0.2) is 30.1 Å². The summed E-state index contributed by atoms with van der Waals surface area (Å²) in [5, 5.41) is 2.46. The summed E-state index contributed by atoms with van der Waals surface area (Å²) in [5.74, 6) is 0.358. The molecule has 0 unspecified atom stereocenters. The van der Waals surface area contributed by atoms with Crippen molar-refractivity contribution in [1.29, 1.82) is 0 Å². The first-order valence-corrected chi connectivity index (χ1v) is 9.77. The van der Waals surface area contributed by atoms with Crippen molar-refractivity contribution in [2.45, 2.75) is 26.7 Å². The molecule has 8 heteroatoms. The number of ether oxygens (including phenoxy) is 2. The van der Waals surface area contributed by atoms with Crippen LogP contribution in [0, 0.1) is 0 Å². The Labute approximate surface area is 175 Å². The number of hydrogen-bond acceptors (Lipinski definition) is 5. The molecule has 29 heavy (non-hydrogen) atoms. The van der Waals surface area contributed by atoms with E-state index in [1.807, 2.05) is 31.2 Å². The van der Waals surface area contributed by atoms with Crippen LogP contribution in [0.15, 0.2) is 48.5 Å². The van der Waals surface area contributed by atoms with Gasteiger partial charge < -0.3 is 9.47 Å². The van der Waals surface area contributed by atoms with Gasteiger partial charge in [0.05, 0.1) is 6.61 Å². The van der Waals surface area contributed by atoms with Crippen LogP contribution in [0.2, 0.25) is 0 Å². The largest absolute Gasteiger partial charge is 0.494 e. The van der Waals surface area contributed by atoms with Crippen molar-refractivity contribution in [1.82, 2.24) is 16.2 Å². The molecule has 0 aliphatic carbocycles. The first-order chi connectivity index (χ1) is 14.0. The average molecular weight is 416 g/mol. The van der Waals surface area contributed by atoms with Gasteiger partial charge in [0.1, 0.15) is 11.5 Å². The van der Waals surface area contributed by atoms with Gasteiger partial charge in [-0.05, 0) is 61.0 Å². The summed E-state index contributed by atoms with van der Waals surface area (Å²) in [7, 11) is 0. The zero-order chi connectivity index (χ0) is 21.1. The predicted octanol–water partition coefficient (Wildman–Crippen LogP) is 2.75. The maximum absolute atomic E-state index is 12.3. The molecule has 2 aromatic carbocycles. The maximum atomic E-state index is 12.3. The second kappa shape index (κ2) is 11.7. The fourth-order valence-electron chi connectivity index (χ4n) is 2.29. The minimum atomic E-state index is -0.434. The van der Waals surface area contributed by atoms with E-state index >= 15 is 0 Å². The average Bonchev–Trinajstić information content (AvgIpc) is 2.75. The molecule has 0 bridgehead atoms. The van der Waals surface area contributed by atoms with Crippen molar-refractivity contribution in [2.24, 2.45) is 0 Å². The van der Waals surface area contributed by atoms with Gasteiger partial charge in [-0.15, -0.1) is 0 Å². The van der Waals surface area contributed by atoms with Crippen LogP contribution in [0.5, 0.6) is 11.5 Å². The van der Waals surface area contributed by atoms with E-state index in [1.165, 1.54) is 5.56 Å². The Kier molecular flexibility index (Phi) is 8.91. The molecule has 7 nitrogen and oxygen atoms in total. The molecule has 0 heterocycles. The number of aryl methyl sites for hydroxylation is 1. The summed E-state index contributed by atoms with van der Waals surface area (Å²) >= 11 is 5.03. The highest BCUT2D eigenvalue weighted by atomic mass is 32.1. The summed E-state index contributed by atoms with van der Waals surface area (Å²) in [4.78, 5) is 24.1. The van der Waals surface area contributed by atoms with Crippen molar-refractivity contribution >= 4 is 29.1 Å². The normalized spacial score (nSPS) is 10.0. The molecule has 0 aliphatic heterocycles. The van der Waals surface area contributed by atoms with E-state index in [0.29, 0.717) is 23.7 Å². The van der Waals surface area contributed by atoms with E-state index in [-0.39, 0.29) is 11.7 Å². The number of benzene rings is 2. The second-order valence-electron chi connectivity index (χ2n) is 6.12. The third kappa shape index (κ3) is 7.79. The Morgan fingerprint density at radius 3 is 2.41 bits per heavy atom. The highest BCUT2D eigenvalue weighted by Gasteiger charge is 2.10. The lowest BCUT2D eigenvalue weighted by molar-refractivity contribution is -0.123. The summed E-state index contributed by atoms with van der Waals surface area (Å²) in [6.07, 6.45) is 1.81. The van der Waals surface area contributed by atoms with Crippen molar-refractivity contribution in [3.63, 3.8) is 0 Å². The number of hydrogen-bond donors (Lipinski definition) is 3. The molecule has 2 aromatic rings. The smallest absolute Gasteiger partial charge is 0.276 e. The number of amides is 2. The standard InChI is InChI=1S/C21H25N3O4S/c1-3-12-27-18-7-5-6-16(13-18)20(26)22-21(29)24-23-19(25)14-28-17-10-8-15(4-2)9-11-17/h5-11,13H,3-4,12,14H2,1-2H3,(H,23,25)(H2,22,24,26,29). The molecule has 0 fully saturated rings. The number of carbonyl (C=O) groups is 2. The molecule has 154 valence electrons. The third-order valence-corrected chi connectivity index (χ3v) is 4.02. The van der Waals surface area contributed by atoms with E-state index in [1.54, 1.807) is 24.3 Å². The van der Waals surface area contributed by atoms with Gasteiger partial charge in [0.2, 0.25) is 0 Å². The SMILES string of the molecule is CCCOc1cccc(C(=O)NC(=S)NNC(=O)COc2ccc(CC)cc2)c1. The highest BCUT2D eigenvalue weighted by molar-refractivity contribution is 7.80. The summed E-state index contributed by atoms with van der Waals surface area (Å²) in [6.45, 7) is 4.45. The zero-order valence-electron chi connectivity index (χ0n) is 16.5. The molecule has 3 N–H and O–H groups in total. The van der Waals surface area contributed by atoms with Crippen LogP contribution < -0.4 is 25.6 Å². The monoisotopic (exact) mass is 415 g/mol. The Bertz CT molecular complexity index is 840. The zero-order valence-corrected chi connectivity index (χ0v) is 17.3. The molecule has 0 spiro atoms. The predicted molar refractivity (Wildman–Crippen MR) is 115 cm³/mol. The van der Waals surface area contributed by atoms with Crippen LogP contribution in [-0.2, 0) is 11.2 Å². The van der Waals surface area contributed by atoms with E-state index < -0.39 is 11.8 Å². The quantitative estimate of drug-likeness (QED) is 0.454. The molecule has 0 aromatic heterocycles. The van der Waals surface area contributed by atoms with E-state index in [4.69, 9.17) is 21.7 Å². The second-order valence-corrected chi connectivity index (χ2v) is 6.53. The minimum absolute atomic E-state index is 0.0319. The fourth-order valence-corrected chi connectivity index (χ4v) is 2.43. The van der Waals surface area contributed by atoms with Crippen molar-refractivity contribution in [2.75, 3.05) is 13.2 Å². The number of carbonyl (C=O) groups excluding carboxylic acids is 2. The first-order valence-electron chi connectivity index (χ1n) is 9.36. The summed E-state index contributed by atoms with van der Waals surface area (Å²) in [6, 6.07) is 14.3. The lowest BCUT2D eigenvalue weighted by Crippen LogP contribution is -2.49. The molecule has 0 atom stereocenters. The lowest BCUT2D eigenvalue weighted by Gasteiger charge is -2.12. The number of hydrazine groups is 1. The number of nitrogens with one attached hydrogen (secondary N) is 3. The highest BCUT2D eigenvalue weighted by Crippen LogP contribution is 2.14. The van der Waals surface area contributed by atoms with E-state index in [2.05, 4.69) is 23.1 Å². The lowest BCUT2D eigenvalue weighted by atomic mass is 10.2. The molecule has 0 saturated carbocycles. The van der Waals surface area contributed by atoms with E-state index in [9.17, 15) is 9.59 Å². The molecule has 0 aliphatic rings. The molecular weight excluding hydrogens is 390 g/mol. The van der Waals surface area contributed by atoms with Gasteiger partial charge in [-0.3, -0.25) is 25.8 Å². The summed E-state index contributed by atoms with van der Waals surface area (Å²) in [5.41, 5.74) is 6.44. The van der Waals surface area contributed by atoms with Crippen LogP contribution in [0.3, 0.4) is 0 Å².